The second-order valence-corrected chi connectivity index (χ2v) is 5.72. The van der Waals surface area contributed by atoms with E-state index in [0.717, 1.165) is 21.3 Å². The molecule has 0 saturated heterocycles. The molecule has 96 valence electrons. The van der Waals surface area contributed by atoms with Crippen LogP contribution in [0.15, 0.2) is 36.0 Å². The summed E-state index contributed by atoms with van der Waals surface area (Å²) in [4.78, 5) is 9.29. The van der Waals surface area contributed by atoms with Gasteiger partial charge in [-0.25, -0.2) is 9.97 Å². The van der Waals surface area contributed by atoms with Gasteiger partial charge in [-0.3, -0.25) is 0 Å². The maximum atomic E-state index is 5.97. The predicted octanol–water partition coefficient (Wildman–Crippen LogP) is 4.06. The first-order valence-electron chi connectivity index (χ1n) is 6.25. The molecule has 19 heavy (non-hydrogen) atoms. The highest BCUT2D eigenvalue weighted by atomic mass is 32.1. The van der Waals surface area contributed by atoms with E-state index in [1.807, 2.05) is 0 Å². The van der Waals surface area contributed by atoms with Crippen LogP contribution in [-0.2, 0) is 0 Å². The quantitative estimate of drug-likeness (QED) is 0.763. The number of nitrogens with zero attached hydrogens (tertiary/aromatic N) is 2. The van der Waals surface area contributed by atoms with Gasteiger partial charge in [0.15, 0.2) is 0 Å². The third kappa shape index (κ3) is 2.08. The second kappa shape index (κ2) is 4.63. The fourth-order valence-electron chi connectivity index (χ4n) is 2.16. The van der Waals surface area contributed by atoms with Crippen molar-refractivity contribution in [3.05, 3.63) is 41.5 Å². The molecule has 0 saturated carbocycles. The summed E-state index contributed by atoms with van der Waals surface area (Å²) in [5, 5.41) is 3.06. The minimum absolute atomic E-state index is 0.543. The van der Waals surface area contributed by atoms with Crippen LogP contribution in [0, 0.1) is 0 Å². The fraction of sp³-hybridized carbons (Fsp3) is 0.200. The minimum atomic E-state index is 0.543. The topological polar surface area (TPSA) is 51.8 Å². The summed E-state index contributed by atoms with van der Waals surface area (Å²) in [6.07, 6.45) is 1.51. The third-order valence-electron chi connectivity index (χ3n) is 3.29. The zero-order chi connectivity index (χ0) is 13.4. The Hall–Kier alpha value is -1.94. The summed E-state index contributed by atoms with van der Waals surface area (Å²) in [6.45, 7) is 4.39. The first-order valence-corrected chi connectivity index (χ1v) is 7.13. The van der Waals surface area contributed by atoms with Gasteiger partial charge >= 0.3 is 0 Å². The molecule has 3 nitrogen and oxygen atoms in total. The Morgan fingerprint density at radius 1 is 1.11 bits per heavy atom. The molecule has 4 heteroatoms. The first-order chi connectivity index (χ1) is 9.16. The molecule has 2 aromatic heterocycles. The van der Waals surface area contributed by atoms with Crippen molar-refractivity contribution in [1.29, 1.82) is 0 Å². The number of anilines is 1. The van der Waals surface area contributed by atoms with E-state index in [1.165, 1.54) is 11.9 Å². The molecule has 0 aliphatic rings. The van der Waals surface area contributed by atoms with Crippen LogP contribution in [0.4, 0.5) is 5.82 Å². The van der Waals surface area contributed by atoms with Crippen molar-refractivity contribution in [2.24, 2.45) is 0 Å². The summed E-state index contributed by atoms with van der Waals surface area (Å²) in [7, 11) is 0. The number of thiophene rings is 1. The molecule has 0 radical (unpaired) electrons. The SMILES string of the molecule is CC(C)c1ccc(-c2csc3ncnc(N)c23)cc1. The van der Waals surface area contributed by atoms with Crippen molar-refractivity contribution in [3.8, 4) is 11.1 Å². The molecule has 0 amide bonds. The van der Waals surface area contributed by atoms with Crippen molar-refractivity contribution in [3.63, 3.8) is 0 Å². The molecule has 0 aliphatic carbocycles. The van der Waals surface area contributed by atoms with Crippen LogP contribution in [-0.4, -0.2) is 9.97 Å². The van der Waals surface area contributed by atoms with Crippen molar-refractivity contribution < 1.29 is 0 Å². The zero-order valence-corrected chi connectivity index (χ0v) is 11.7. The Morgan fingerprint density at radius 2 is 1.84 bits per heavy atom. The van der Waals surface area contributed by atoms with Gasteiger partial charge in [0.25, 0.3) is 0 Å². The van der Waals surface area contributed by atoms with Gasteiger partial charge in [-0.2, -0.15) is 0 Å². The van der Waals surface area contributed by atoms with Crippen LogP contribution >= 0.6 is 11.3 Å². The van der Waals surface area contributed by atoms with Gasteiger partial charge in [-0.15, -0.1) is 11.3 Å². The average Bonchev–Trinajstić information content (AvgIpc) is 2.84. The fourth-order valence-corrected chi connectivity index (χ4v) is 3.08. The van der Waals surface area contributed by atoms with Crippen LogP contribution in [0.3, 0.4) is 0 Å². The Balaban J connectivity index is 2.14. The number of fused-ring (bicyclic) bond motifs is 1. The summed E-state index contributed by atoms with van der Waals surface area (Å²) < 4.78 is 0. The van der Waals surface area contributed by atoms with E-state index in [2.05, 4.69) is 53.5 Å². The number of nitrogens with two attached hydrogens (primary N) is 1. The molecule has 0 atom stereocenters. The number of nitrogen functional groups attached to an aromatic ring is 1. The average molecular weight is 269 g/mol. The van der Waals surface area contributed by atoms with E-state index >= 15 is 0 Å². The highest BCUT2D eigenvalue weighted by Gasteiger charge is 2.11. The van der Waals surface area contributed by atoms with Crippen LogP contribution in [0.2, 0.25) is 0 Å². The lowest BCUT2D eigenvalue weighted by molar-refractivity contribution is 0.867. The summed E-state index contributed by atoms with van der Waals surface area (Å²) >= 11 is 1.60. The highest BCUT2D eigenvalue weighted by Crippen LogP contribution is 2.35. The summed E-state index contributed by atoms with van der Waals surface area (Å²) in [6, 6.07) is 8.62. The molecule has 0 unspecified atom stereocenters. The number of hydrogen-bond donors (Lipinski definition) is 1. The van der Waals surface area contributed by atoms with E-state index < -0.39 is 0 Å². The normalized spacial score (nSPS) is 11.3. The van der Waals surface area contributed by atoms with Gasteiger partial charge in [0.05, 0.1) is 5.39 Å². The monoisotopic (exact) mass is 269 g/mol. The Kier molecular flexibility index (Phi) is 2.95. The first kappa shape index (κ1) is 12.1. The van der Waals surface area contributed by atoms with Gasteiger partial charge < -0.3 is 5.73 Å². The number of aromatic nitrogens is 2. The maximum absolute atomic E-state index is 5.97. The van der Waals surface area contributed by atoms with Gasteiger partial charge in [-0.1, -0.05) is 38.1 Å². The van der Waals surface area contributed by atoms with Crippen LogP contribution in [0.1, 0.15) is 25.3 Å². The van der Waals surface area contributed by atoms with Gasteiger partial charge in [0, 0.05) is 10.9 Å². The molecule has 1 aromatic carbocycles. The Morgan fingerprint density at radius 3 is 2.53 bits per heavy atom. The largest absolute Gasteiger partial charge is 0.383 e. The van der Waals surface area contributed by atoms with E-state index in [0.29, 0.717) is 11.7 Å². The molecule has 0 bridgehead atoms. The number of benzene rings is 1. The zero-order valence-electron chi connectivity index (χ0n) is 10.9. The third-order valence-corrected chi connectivity index (χ3v) is 4.17. The second-order valence-electron chi connectivity index (χ2n) is 4.87. The molecule has 2 N–H and O–H groups in total. The Bertz CT molecular complexity index is 714. The predicted molar refractivity (Wildman–Crippen MR) is 81.4 cm³/mol. The van der Waals surface area contributed by atoms with E-state index in [4.69, 9.17) is 5.73 Å². The van der Waals surface area contributed by atoms with E-state index in [9.17, 15) is 0 Å². The van der Waals surface area contributed by atoms with E-state index in [1.54, 1.807) is 11.3 Å². The molecule has 2 heterocycles. The molecular formula is C15H15N3S. The molecule has 3 aromatic rings. The van der Waals surface area contributed by atoms with Gasteiger partial charge in [-0.05, 0) is 17.0 Å². The lowest BCUT2D eigenvalue weighted by Crippen LogP contribution is -1.92. The minimum Gasteiger partial charge on any atom is -0.383 e. The standard InChI is InChI=1S/C15H15N3S/c1-9(2)10-3-5-11(6-4-10)12-7-19-15-13(12)14(16)17-8-18-15/h3-9H,1-2H3,(H2,16,17,18). The van der Waals surface area contributed by atoms with E-state index in [-0.39, 0.29) is 0 Å². The van der Waals surface area contributed by atoms with Crippen molar-refractivity contribution in [1.82, 2.24) is 9.97 Å². The maximum Gasteiger partial charge on any atom is 0.136 e. The van der Waals surface area contributed by atoms with Crippen molar-refractivity contribution >= 4 is 27.4 Å². The van der Waals surface area contributed by atoms with Crippen molar-refractivity contribution in [2.45, 2.75) is 19.8 Å². The summed E-state index contributed by atoms with van der Waals surface area (Å²) in [5.74, 6) is 1.09. The highest BCUT2D eigenvalue weighted by molar-refractivity contribution is 7.17. The summed E-state index contributed by atoms with van der Waals surface area (Å²) in [5.41, 5.74) is 9.60. The molecule has 0 aliphatic heterocycles. The molecule has 0 fully saturated rings. The van der Waals surface area contributed by atoms with Crippen molar-refractivity contribution in [2.75, 3.05) is 5.73 Å². The van der Waals surface area contributed by atoms with Gasteiger partial charge in [0.2, 0.25) is 0 Å². The molecule has 0 spiro atoms. The van der Waals surface area contributed by atoms with Crippen LogP contribution in [0.25, 0.3) is 21.3 Å². The lowest BCUT2D eigenvalue weighted by Gasteiger charge is -2.06. The number of rotatable bonds is 2. The van der Waals surface area contributed by atoms with Crippen LogP contribution in [0.5, 0.6) is 0 Å². The van der Waals surface area contributed by atoms with Crippen LogP contribution < -0.4 is 5.73 Å². The molecular weight excluding hydrogens is 254 g/mol. The van der Waals surface area contributed by atoms with Gasteiger partial charge in [0.1, 0.15) is 17.0 Å². The lowest BCUT2D eigenvalue weighted by atomic mass is 9.99. The molecule has 3 rings (SSSR count). The smallest absolute Gasteiger partial charge is 0.136 e. The Labute approximate surface area is 116 Å². The number of hydrogen-bond acceptors (Lipinski definition) is 4.